The summed E-state index contributed by atoms with van der Waals surface area (Å²) in [7, 11) is 0. The fraction of sp³-hybridized carbons (Fsp3) is 0.429. The molecule has 0 aliphatic carbocycles. The zero-order valence-corrected chi connectivity index (χ0v) is 11.1. The van der Waals surface area contributed by atoms with E-state index in [-0.39, 0.29) is 37.2 Å². The van der Waals surface area contributed by atoms with E-state index in [9.17, 15) is 14.0 Å². The normalized spacial score (nSPS) is 10.5. The van der Waals surface area contributed by atoms with Gasteiger partial charge in [-0.2, -0.15) is 0 Å². The van der Waals surface area contributed by atoms with Crippen molar-refractivity contribution in [2.45, 2.75) is 32.7 Å². The van der Waals surface area contributed by atoms with E-state index in [0.717, 1.165) is 0 Å². The molecule has 1 aromatic rings. The van der Waals surface area contributed by atoms with Gasteiger partial charge >= 0.3 is 5.97 Å². The van der Waals surface area contributed by atoms with Gasteiger partial charge in [0, 0.05) is 12.6 Å². The van der Waals surface area contributed by atoms with E-state index >= 15 is 0 Å². The van der Waals surface area contributed by atoms with Gasteiger partial charge in [-0.05, 0) is 31.5 Å². The summed E-state index contributed by atoms with van der Waals surface area (Å²) in [5.41, 5.74) is 0.589. The molecule has 19 heavy (non-hydrogen) atoms. The highest BCUT2D eigenvalue weighted by atomic mass is 19.1. The number of benzene rings is 1. The van der Waals surface area contributed by atoms with Gasteiger partial charge in [0.05, 0.1) is 12.8 Å². The molecule has 1 rings (SSSR count). The van der Waals surface area contributed by atoms with Gasteiger partial charge in [-0.1, -0.05) is 12.1 Å². The van der Waals surface area contributed by atoms with Crippen LogP contribution in [0.5, 0.6) is 0 Å². The van der Waals surface area contributed by atoms with Gasteiger partial charge in [0.25, 0.3) is 0 Å². The number of nitrogens with zero attached hydrogens (tertiary/aromatic N) is 1. The minimum absolute atomic E-state index is 0.0789. The number of hydrogen-bond donors (Lipinski definition) is 1. The number of carbonyl (C=O) groups excluding carboxylic acids is 1. The third-order valence-corrected chi connectivity index (χ3v) is 2.75. The molecule has 104 valence electrons. The molecule has 0 fully saturated rings. The summed E-state index contributed by atoms with van der Waals surface area (Å²) in [5.74, 6) is -1.52. The number of amides is 1. The van der Waals surface area contributed by atoms with Crippen LogP contribution in [0.25, 0.3) is 0 Å². The molecule has 0 bridgehead atoms. The third-order valence-electron chi connectivity index (χ3n) is 2.75. The minimum atomic E-state index is -0.941. The van der Waals surface area contributed by atoms with Crippen LogP contribution in [-0.2, 0) is 16.0 Å². The number of aliphatic carboxylic acids is 1. The van der Waals surface area contributed by atoms with Crippen molar-refractivity contribution in [1.82, 2.24) is 4.90 Å². The van der Waals surface area contributed by atoms with Crippen LogP contribution >= 0.6 is 0 Å². The summed E-state index contributed by atoms with van der Waals surface area (Å²) in [6, 6.07) is 5.78. The van der Waals surface area contributed by atoms with E-state index in [1.54, 1.807) is 12.1 Å². The smallest absolute Gasteiger partial charge is 0.305 e. The average molecular weight is 267 g/mol. The molecule has 0 spiro atoms. The maximum absolute atomic E-state index is 13.0. The number of carboxylic acids is 1. The highest BCUT2D eigenvalue weighted by Gasteiger charge is 2.18. The lowest BCUT2D eigenvalue weighted by atomic mass is 10.1. The SMILES string of the molecule is CC(C)N(CCC(=O)O)C(=O)Cc1cccc(F)c1. The van der Waals surface area contributed by atoms with E-state index in [1.807, 2.05) is 13.8 Å². The Balaban J connectivity index is 2.69. The first-order valence-corrected chi connectivity index (χ1v) is 6.16. The van der Waals surface area contributed by atoms with Gasteiger partial charge in [-0.3, -0.25) is 9.59 Å². The summed E-state index contributed by atoms with van der Waals surface area (Å²) >= 11 is 0. The molecule has 0 aliphatic heterocycles. The van der Waals surface area contributed by atoms with E-state index in [1.165, 1.54) is 17.0 Å². The highest BCUT2D eigenvalue weighted by Crippen LogP contribution is 2.09. The summed E-state index contributed by atoms with van der Waals surface area (Å²) < 4.78 is 13.0. The predicted octanol–water partition coefficient (Wildman–Crippen LogP) is 2.08. The molecule has 4 nitrogen and oxygen atoms in total. The zero-order chi connectivity index (χ0) is 14.4. The Bertz CT molecular complexity index is 460. The van der Waals surface area contributed by atoms with Crippen LogP contribution in [0.2, 0.25) is 0 Å². The Morgan fingerprint density at radius 1 is 1.37 bits per heavy atom. The molecule has 0 aliphatic rings. The largest absolute Gasteiger partial charge is 0.481 e. The number of carbonyl (C=O) groups is 2. The van der Waals surface area contributed by atoms with Crippen LogP contribution in [0.4, 0.5) is 4.39 Å². The first-order chi connectivity index (χ1) is 8.90. The summed E-state index contributed by atoms with van der Waals surface area (Å²) in [6.45, 7) is 3.82. The second-order valence-electron chi connectivity index (χ2n) is 4.63. The second kappa shape index (κ2) is 6.87. The molecule has 0 unspecified atom stereocenters. The predicted molar refractivity (Wildman–Crippen MR) is 69.2 cm³/mol. The van der Waals surface area contributed by atoms with Gasteiger partial charge < -0.3 is 10.0 Å². The van der Waals surface area contributed by atoms with Crippen molar-refractivity contribution in [2.24, 2.45) is 0 Å². The number of halogens is 1. The topological polar surface area (TPSA) is 57.6 Å². The van der Waals surface area contributed by atoms with Crippen molar-refractivity contribution in [1.29, 1.82) is 0 Å². The van der Waals surface area contributed by atoms with Crippen LogP contribution in [0.15, 0.2) is 24.3 Å². The van der Waals surface area contributed by atoms with E-state index in [0.29, 0.717) is 5.56 Å². The van der Waals surface area contributed by atoms with Crippen molar-refractivity contribution in [2.75, 3.05) is 6.54 Å². The monoisotopic (exact) mass is 267 g/mol. The van der Waals surface area contributed by atoms with Gasteiger partial charge in [0.1, 0.15) is 5.82 Å². The number of carboxylic acid groups (broad SMARTS) is 1. The molecule has 0 radical (unpaired) electrons. The lowest BCUT2D eigenvalue weighted by molar-refractivity contribution is -0.139. The maximum Gasteiger partial charge on any atom is 0.305 e. The fourth-order valence-corrected chi connectivity index (χ4v) is 1.81. The molecule has 1 N–H and O–H groups in total. The Morgan fingerprint density at radius 3 is 2.58 bits per heavy atom. The van der Waals surface area contributed by atoms with Crippen LogP contribution in [0.1, 0.15) is 25.8 Å². The molecule has 0 atom stereocenters. The standard InChI is InChI=1S/C14H18FNO3/c1-10(2)16(7-6-14(18)19)13(17)9-11-4-3-5-12(15)8-11/h3-5,8,10H,6-7,9H2,1-2H3,(H,18,19). The van der Waals surface area contributed by atoms with Crippen molar-refractivity contribution < 1.29 is 19.1 Å². The lowest BCUT2D eigenvalue weighted by Crippen LogP contribution is -2.39. The van der Waals surface area contributed by atoms with Crippen LogP contribution in [-0.4, -0.2) is 34.5 Å². The maximum atomic E-state index is 13.0. The average Bonchev–Trinajstić information content (AvgIpc) is 2.28. The molecular weight excluding hydrogens is 249 g/mol. The van der Waals surface area contributed by atoms with Crippen LogP contribution in [0.3, 0.4) is 0 Å². The fourth-order valence-electron chi connectivity index (χ4n) is 1.81. The molecule has 0 saturated carbocycles. The minimum Gasteiger partial charge on any atom is -0.481 e. The summed E-state index contributed by atoms with van der Waals surface area (Å²) in [4.78, 5) is 24.2. The van der Waals surface area contributed by atoms with Gasteiger partial charge in [0.2, 0.25) is 5.91 Å². The molecule has 0 saturated heterocycles. The zero-order valence-electron chi connectivity index (χ0n) is 11.1. The van der Waals surface area contributed by atoms with Crippen molar-refractivity contribution in [3.05, 3.63) is 35.6 Å². The molecule has 5 heteroatoms. The summed E-state index contributed by atoms with van der Waals surface area (Å²) in [5, 5.41) is 8.66. The molecular formula is C14H18FNO3. The Labute approximate surface area is 111 Å². The second-order valence-corrected chi connectivity index (χ2v) is 4.63. The Hall–Kier alpha value is -1.91. The third kappa shape index (κ3) is 5.07. The Kier molecular flexibility index (Phi) is 5.48. The first-order valence-electron chi connectivity index (χ1n) is 6.16. The van der Waals surface area contributed by atoms with Crippen molar-refractivity contribution >= 4 is 11.9 Å². The van der Waals surface area contributed by atoms with Crippen molar-refractivity contribution in [3.63, 3.8) is 0 Å². The van der Waals surface area contributed by atoms with Gasteiger partial charge in [-0.15, -0.1) is 0 Å². The summed E-state index contributed by atoms with van der Waals surface area (Å²) in [6.07, 6.45) is -0.0113. The molecule has 0 aromatic heterocycles. The lowest BCUT2D eigenvalue weighted by Gasteiger charge is -2.26. The van der Waals surface area contributed by atoms with E-state index in [2.05, 4.69) is 0 Å². The van der Waals surface area contributed by atoms with Gasteiger partial charge in [-0.25, -0.2) is 4.39 Å². The highest BCUT2D eigenvalue weighted by molar-refractivity contribution is 5.79. The van der Waals surface area contributed by atoms with E-state index < -0.39 is 5.97 Å². The Morgan fingerprint density at radius 2 is 2.05 bits per heavy atom. The van der Waals surface area contributed by atoms with Crippen LogP contribution in [0, 0.1) is 5.82 Å². The number of rotatable bonds is 6. The quantitative estimate of drug-likeness (QED) is 0.858. The van der Waals surface area contributed by atoms with Gasteiger partial charge in [0.15, 0.2) is 0 Å². The molecule has 1 aromatic carbocycles. The van der Waals surface area contributed by atoms with E-state index in [4.69, 9.17) is 5.11 Å². The van der Waals surface area contributed by atoms with Crippen LogP contribution < -0.4 is 0 Å². The number of hydrogen-bond acceptors (Lipinski definition) is 2. The molecule has 1 amide bonds. The molecule has 0 heterocycles. The van der Waals surface area contributed by atoms with Crippen molar-refractivity contribution in [3.8, 4) is 0 Å². The first kappa shape index (κ1) is 15.1.